The average Bonchev–Trinajstić information content (AvgIpc) is 3.39. The molecule has 2 aromatic carbocycles. The Morgan fingerprint density at radius 2 is 2.00 bits per heavy atom. The molecule has 2 unspecified atom stereocenters. The Balaban J connectivity index is 1.57. The van der Waals surface area contributed by atoms with Crippen LogP contribution in [0.3, 0.4) is 0 Å². The fourth-order valence-electron chi connectivity index (χ4n) is 4.43. The van der Waals surface area contributed by atoms with Crippen molar-refractivity contribution in [1.82, 2.24) is 15.1 Å². The SMILES string of the molecule is N#CCCN(C(=O)C(Cc1ccc2ccccc2c1)OC(=O)N1CCOCC1)C1CCNC1. The van der Waals surface area contributed by atoms with Crippen LogP contribution in [-0.2, 0) is 20.7 Å². The van der Waals surface area contributed by atoms with Gasteiger partial charge in [0.25, 0.3) is 5.91 Å². The minimum Gasteiger partial charge on any atom is -0.436 e. The third-order valence-electron chi connectivity index (χ3n) is 6.25. The first-order valence-corrected chi connectivity index (χ1v) is 11.5. The van der Waals surface area contributed by atoms with Crippen LogP contribution in [0.5, 0.6) is 0 Å². The van der Waals surface area contributed by atoms with E-state index in [1.54, 1.807) is 9.80 Å². The average molecular weight is 451 g/mol. The number of nitrogens with one attached hydrogen (secondary N) is 1. The highest BCUT2D eigenvalue weighted by molar-refractivity contribution is 5.86. The predicted molar refractivity (Wildman–Crippen MR) is 124 cm³/mol. The molecule has 4 rings (SSSR count). The van der Waals surface area contributed by atoms with Crippen molar-refractivity contribution in [3.63, 3.8) is 0 Å². The second-order valence-electron chi connectivity index (χ2n) is 8.44. The van der Waals surface area contributed by atoms with E-state index in [-0.39, 0.29) is 24.8 Å². The van der Waals surface area contributed by atoms with Crippen LogP contribution in [0.15, 0.2) is 42.5 Å². The molecule has 8 nitrogen and oxygen atoms in total. The summed E-state index contributed by atoms with van der Waals surface area (Å²) in [5.41, 5.74) is 0.923. The summed E-state index contributed by atoms with van der Waals surface area (Å²) < 4.78 is 11.2. The molecular formula is C25H30N4O4. The minimum atomic E-state index is -0.958. The molecule has 33 heavy (non-hydrogen) atoms. The first kappa shape index (κ1) is 23.0. The van der Waals surface area contributed by atoms with Gasteiger partial charge in [-0.25, -0.2) is 4.79 Å². The summed E-state index contributed by atoms with van der Waals surface area (Å²) in [4.78, 5) is 29.9. The van der Waals surface area contributed by atoms with Crippen molar-refractivity contribution >= 4 is 22.8 Å². The van der Waals surface area contributed by atoms with Crippen LogP contribution < -0.4 is 5.32 Å². The van der Waals surface area contributed by atoms with Crippen molar-refractivity contribution in [3.8, 4) is 6.07 Å². The van der Waals surface area contributed by atoms with E-state index in [2.05, 4.69) is 11.4 Å². The summed E-state index contributed by atoms with van der Waals surface area (Å²) in [6.45, 7) is 3.63. The van der Waals surface area contributed by atoms with Gasteiger partial charge in [0.1, 0.15) is 0 Å². The highest BCUT2D eigenvalue weighted by Gasteiger charge is 2.34. The Bertz CT molecular complexity index is 1010. The zero-order chi connectivity index (χ0) is 23.0. The monoisotopic (exact) mass is 450 g/mol. The maximum absolute atomic E-state index is 13.7. The zero-order valence-electron chi connectivity index (χ0n) is 18.7. The Kier molecular flexibility index (Phi) is 7.76. The summed E-state index contributed by atoms with van der Waals surface area (Å²) in [5.74, 6) is -0.242. The maximum atomic E-state index is 13.7. The summed E-state index contributed by atoms with van der Waals surface area (Å²) in [6, 6.07) is 16.2. The molecule has 0 bridgehead atoms. The van der Waals surface area contributed by atoms with E-state index in [1.165, 1.54) is 0 Å². The lowest BCUT2D eigenvalue weighted by Gasteiger charge is -2.33. The van der Waals surface area contributed by atoms with Gasteiger partial charge in [-0.3, -0.25) is 4.79 Å². The molecule has 0 aromatic heterocycles. The zero-order valence-corrected chi connectivity index (χ0v) is 18.7. The smallest absolute Gasteiger partial charge is 0.410 e. The number of amides is 2. The van der Waals surface area contributed by atoms with Gasteiger partial charge in [0, 0.05) is 38.6 Å². The summed E-state index contributed by atoms with van der Waals surface area (Å²) in [6.07, 6.45) is -0.120. The summed E-state index contributed by atoms with van der Waals surface area (Å²) in [7, 11) is 0. The van der Waals surface area contributed by atoms with Gasteiger partial charge < -0.3 is 24.6 Å². The molecule has 2 aliphatic heterocycles. The van der Waals surface area contributed by atoms with Crippen LogP contribution in [0, 0.1) is 11.3 Å². The van der Waals surface area contributed by atoms with Gasteiger partial charge in [0.2, 0.25) is 0 Å². The van der Waals surface area contributed by atoms with Crippen molar-refractivity contribution in [1.29, 1.82) is 5.26 Å². The van der Waals surface area contributed by atoms with Gasteiger partial charge in [-0.2, -0.15) is 5.26 Å². The molecular weight excluding hydrogens is 420 g/mol. The number of hydrogen-bond donors (Lipinski definition) is 1. The largest absolute Gasteiger partial charge is 0.436 e. The highest BCUT2D eigenvalue weighted by Crippen LogP contribution is 2.20. The quantitative estimate of drug-likeness (QED) is 0.696. The molecule has 2 amide bonds. The molecule has 0 aliphatic carbocycles. The number of ether oxygens (including phenoxy) is 2. The Hall–Kier alpha value is -3.15. The van der Waals surface area contributed by atoms with E-state index in [4.69, 9.17) is 14.7 Å². The lowest BCUT2D eigenvalue weighted by Crippen LogP contribution is -2.50. The minimum absolute atomic E-state index is 0.00737. The van der Waals surface area contributed by atoms with Crippen molar-refractivity contribution in [3.05, 3.63) is 48.0 Å². The molecule has 2 atom stereocenters. The second-order valence-corrected chi connectivity index (χ2v) is 8.44. The Morgan fingerprint density at radius 1 is 1.21 bits per heavy atom. The second kappa shape index (κ2) is 11.1. The number of morpholine rings is 1. The van der Waals surface area contributed by atoms with Gasteiger partial charge >= 0.3 is 6.09 Å². The number of hydrogen-bond acceptors (Lipinski definition) is 6. The summed E-state index contributed by atoms with van der Waals surface area (Å²) >= 11 is 0. The molecule has 0 radical (unpaired) electrons. The lowest BCUT2D eigenvalue weighted by molar-refractivity contribution is -0.143. The summed E-state index contributed by atoms with van der Waals surface area (Å²) in [5, 5.41) is 14.6. The number of carbonyl (C=O) groups is 2. The molecule has 0 saturated carbocycles. The van der Waals surface area contributed by atoms with E-state index in [9.17, 15) is 9.59 Å². The van der Waals surface area contributed by atoms with Gasteiger partial charge in [0.05, 0.1) is 25.7 Å². The van der Waals surface area contributed by atoms with E-state index in [1.807, 2.05) is 42.5 Å². The van der Waals surface area contributed by atoms with Gasteiger partial charge in [-0.15, -0.1) is 0 Å². The molecule has 2 fully saturated rings. The fourth-order valence-corrected chi connectivity index (χ4v) is 4.43. The van der Waals surface area contributed by atoms with E-state index in [0.29, 0.717) is 39.4 Å². The third kappa shape index (κ3) is 5.81. The van der Waals surface area contributed by atoms with Crippen LogP contribution in [0.1, 0.15) is 18.4 Å². The van der Waals surface area contributed by atoms with Crippen LogP contribution in [0.2, 0.25) is 0 Å². The van der Waals surface area contributed by atoms with Gasteiger partial charge in [-0.1, -0.05) is 42.5 Å². The predicted octanol–water partition coefficient (Wildman–Crippen LogP) is 2.32. The molecule has 2 heterocycles. The van der Waals surface area contributed by atoms with Crippen molar-refractivity contribution in [2.75, 3.05) is 45.9 Å². The number of benzene rings is 2. The van der Waals surface area contributed by atoms with E-state index >= 15 is 0 Å². The number of fused-ring (bicyclic) bond motifs is 1. The maximum Gasteiger partial charge on any atom is 0.410 e. The van der Waals surface area contributed by atoms with Gasteiger partial charge in [-0.05, 0) is 29.3 Å². The molecule has 2 saturated heterocycles. The molecule has 8 heteroatoms. The standard InChI is InChI=1S/C25H30N4O4/c26-9-3-11-29(22-8-10-27-18-22)24(30)23(33-25(31)28-12-14-32-15-13-28)17-19-6-7-20-4-1-2-5-21(20)16-19/h1-2,4-7,16,22-23,27H,3,8,10-15,17-18H2. The van der Waals surface area contributed by atoms with Crippen molar-refractivity contribution in [2.24, 2.45) is 0 Å². The Labute approximate surface area is 194 Å². The molecule has 2 aliphatic rings. The first-order chi connectivity index (χ1) is 16.2. The van der Waals surface area contributed by atoms with Gasteiger partial charge in [0.15, 0.2) is 6.10 Å². The van der Waals surface area contributed by atoms with Crippen LogP contribution >= 0.6 is 0 Å². The van der Waals surface area contributed by atoms with Crippen LogP contribution in [0.4, 0.5) is 4.79 Å². The highest BCUT2D eigenvalue weighted by atomic mass is 16.6. The topological polar surface area (TPSA) is 94.9 Å². The number of carbonyl (C=O) groups excluding carboxylic acids is 2. The number of nitrogens with zero attached hydrogens (tertiary/aromatic N) is 3. The number of rotatable bonds is 7. The molecule has 2 aromatic rings. The molecule has 0 spiro atoms. The van der Waals surface area contributed by atoms with Crippen LogP contribution in [0.25, 0.3) is 10.8 Å². The van der Waals surface area contributed by atoms with Crippen molar-refractivity contribution in [2.45, 2.75) is 31.4 Å². The van der Waals surface area contributed by atoms with E-state index in [0.717, 1.165) is 29.3 Å². The molecule has 174 valence electrons. The first-order valence-electron chi connectivity index (χ1n) is 11.5. The number of nitriles is 1. The lowest BCUT2D eigenvalue weighted by atomic mass is 10.0. The normalized spacial score (nSPS) is 19.1. The fraction of sp³-hybridized carbons (Fsp3) is 0.480. The molecule has 1 N–H and O–H groups in total. The van der Waals surface area contributed by atoms with Crippen molar-refractivity contribution < 1.29 is 19.1 Å². The Morgan fingerprint density at radius 3 is 2.73 bits per heavy atom. The van der Waals surface area contributed by atoms with Crippen LogP contribution in [-0.4, -0.2) is 79.9 Å². The van der Waals surface area contributed by atoms with E-state index < -0.39 is 12.2 Å². The third-order valence-corrected chi connectivity index (χ3v) is 6.25.